The van der Waals surface area contributed by atoms with Crippen LogP contribution in [-0.4, -0.2) is 22.5 Å². The standard InChI is InChI=1S/C17H21NO3/c1-10(2)11-3-5-12(6-4-11)13-9-14(13)15(19)18-17(7-8-17)16(20)21/h3-6,10,13-14H,7-9H2,1-2H3,(H,18,19)(H,20,21). The van der Waals surface area contributed by atoms with Crippen molar-refractivity contribution in [2.24, 2.45) is 5.92 Å². The average molecular weight is 287 g/mol. The van der Waals surface area contributed by atoms with Crippen LogP contribution in [0, 0.1) is 5.92 Å². The van der Waals surface area contributed by atoms with Crippen LogP contribution in [-0.2, 0) is 9.59 Å². The van der Waals surface area contributed by atoms with Crippen molar-refractivity contribution < 1.29 is 14.7 Å². The Bertz CT molecular complexity index is 572. The van der Waals surface area contributed by atoms with Crippen molar-refractivity contribution in [1.29, 1.82) is 0 Å². The van der Waals surface area contributed by atoms with Crippen LogP contribution in [0.2, 0.25) is 0 Å². The third-order valence-corrected chi connectivity index (χ3v) is 4.68. The molecule has 112 valence electrons. The van der Waals surface area contributed by atoms with Crippen molar-refractivity contribution in [3.63, 3.8) is 0 Å². The molecule has 2 N–H and O–H groups in total. The van der Waals surface area contributed by atoms with Crippen LogP contribution in [0.3, 0.4) is 0 Å². The fourth-order valence-electron chi connectivity index (χ4n) is 2.83. The third kappa shape index (κ3) is 2.67. The Kier molecular flexibility index (Phi) is 3.27. The maximum absolute atomic E-state index is 12.1. The van der Waals surface area contributed by atoms with E-state index in [2.05, 4.69) is 43.4 Å². The van der Waals surface area contributed by atoms with Crippen molar-refractivity contribution in [1.82, 2.24) is 5.32 Å². The van der Waals surface area contributed by atoms with Crippen molar-refractivity contribution in [2.45, 2.75) is 50.5 Å². The molecule has 1 aromatic rings. The Morgan fingerprint density at radius 3 is 2.33 bits per heavy atom. The molecule has 0 spiro atoms. The number of hydrogen-bond acceptors (Lipinski definition) is 2. The lowest BCUT2D eigenvalue weighted by Gasteiger charge is -2.12. The van der Waals surface area contributed by atoms with Gasteiger partial charge in [0.1, 0.15) is 5.54 Å². The molecule has 4 heteroatoms. The van der Waals surface area contributed by atoms with Gasteiger partial charge in [-0.2, -0.15) is 0 Å². The second-order valence-corrected chi connectivity index (χ2v) is 6.65. The summed E-state index contributed by atoms with van der Waals surface area (Å²) >= 11 is 0. The van der Waals surface area contributed by atoms with Gasteiger partial charge >= 0.3 is 5.97 Å². The Hall–Kier alpha value is -1.84. The average Bonchev–Trinajstić information content (AvgIpc) is 3.33. The van der Waals surface area contributed by atoms with E-state index in [1.807, 2.05) is 0 Å². The van der Waals surface area contributed by atoms with Crippen molar-refractivity contribution >= 4 is 11.9 Å². The lowest BCUT2D eigenvalue weighted by Crippen LogP contribution is -2.43. The first-order chi connectivity index (χ1) is 9.93. The van der Waals surface area contributed by atoms with Gasteiger partial charge in [0.15, 0.2) is 0 Å². The highest BCUT2D eigenvalue weighted by molar-refractivity contribution is 5.92. The molecule has 2 atom stereocenters. The summed E-state index contributed by atoms with van der Waals surface area (Å²) in [6.07, 6.45) is 1.92. The third-order valence-electron chi connectivity index (χ3n) is 4.68. The SMILES string of the molecule is CC(C)c1ccc(C2CC2C(=O)NC2(C(=O)O)CC2)cc1. The lowest BCUT2D eigenvalue weighted by atomic mass is 10.00. The van der Waals surface area contributed by atoms with E-state index in [1.54, 1.807) is 0 Å². The maximum atomic E-state index is 12.1. The van der Waals surface area contributed by atoms with Crippen molar-refractivity contribution in [3.05, 3.63) is 35.4 Å². The van der Waals surface area contributed by atoms with Crippen LogP contribution in [0.15, 0.2) is 24.3 Å². The molecule has 0 radical (unpaired) electrons. The minimum Gasteiger partial charge on any atom is -0.480 e. The maximum Gasteiger partial charge on any atom is 0.329 e. The molecule has 2 aliphatic rings. The van der Waals surface area contributed by atoms with Gasteiger partial charge in [-0.15, -0.1) is 0 Å². The summed E-state index contributed by atoms with van der Waals surface area (Å²) in [6.45, 7) is 4.31. The second kappa shape index (κ2) is 4.86. The molecular weight excluding hydrogens is 266 g/mol. The fourth-order valence-corrected chi connectivity index (χ4v) is 2.83. The fraction of sp³-hybridized carbons (Fsp3) is 0.529. The molecule has 0 heterocycles. The van der Waals surface area contributed by atoms with Crippen LogP contribution in [0.4, 0.5) is 0 Å². The smallest absolute Gasteiger partial charge is 0.329 e. The number of carboxylic acids is 1. The van der Waals surface area contributed by atoms with E-state index in [0.717, 1.165) is 6.42 Å². The molecule has 3 rings (SSSR count). The van der Waals surface area contributed by atoms with E-state index in [0.29, 0.717) is 18.8 Å². The summed E-state index contributed by atoms with van der Waals surface area (Å²) < 4.78 is 0. The highest BCUT2D eigenvalue weighted by Crippen LogP contribution is 2.48. The van der Waals surface area contributed by atoms with Gasteiger partial charge in [-0.3, -0.25) is 4.79 Å². The van der Waals surface area contributed by atoms with Gasteiger partial charge in [0.05, 0.1) is 0 Å². The number of carbonyl (C=O) groups excluding carboxylic acids is 1. The predicted octanol–water partition coefficient (Wildman–Crippen LogP) is 2.65. The van der Waals surface area contributed by atoms with Crippen LogP contribution >= 0.6 is 0 Å². The van der Waals surface area contributed by atoms with Crippen LogP contribution in [0.5, 0.6) is 0 Å². The van der Waals surface area contributed by atoms with Crippen LogP contribution < -0.4 is 5.32 Å². The van der Waals surface area contributed by atoms with E-state index in [4.69, 9.17) is 5.11 Å². The number of aliphatic carboxylic acids is 1. The number of benzene rings is 1. The molecule has 2 fully saturated rings. The number of carbonyl (C=O) groups is 2. The minimum absolute atomic E-state index is 0.0632. The zero-order chi connectivity index (χ0) is 15.2. The van der Waals surface area contributed by atoms with E-state index in [-0.39, 0.29) is 17.7 Å². The quantitative estimate of drug-likeness (QED) is 0.875. The van der Waals surface area contributed by atoms with E-state index < -0.39 is 11.5 Å². The summed E-state index contributed by atoms with van der Waals surface area (Å²) in [5.41, 5.74) is 1.51. The molecule has 0 aromatic heterocycles. The molecule has 0 bridgehead atoms. The summed E-state index contributed by atoms with van der Waals surface area (Å²) in [4.78, 5) is 23.2. The van der Waals surface area contributed by atoms with Gasteiger partial charge in [-0.25, -0.2) is 4.79 Å². The topological polar surface area (TPSA) is 66.4 Å². The number of amides is 1. The van der Waals surface area contributed by atoms with E-state index >= 15 is 0 Å². The molecule has 2 aliphatic carbocycles. The Morgan fingerprint density at radius 2 is 1.86 bits per heavy atom. The molecule has 21 heavy (non-hydrogen) atoms. The molecular formula is C17H21NO3. The molecule has 0 aliphatic heterocycles. The molecule has 1 amide bonds. The second-order valence-electron chi connectivity index (χ2n) is 6.65. The van der Waals surface area contributed by atoms with Crippen molar-refractivity contribution in [3.8, 4) is 0 Å². The molecule has 2 unspecified atom stereocenters. The first-order valence-electron chi connectivity index (χ1n) is 7.58. The lowest BCUT2D eigenvalue weighted by molar-refractivity contribution is -0.143. The number of nitrogens with one attached hydrogen (secondary N) is 1. The summed E-state index contributed by atoms with van der Waals surface area (Å²) in [7, 11) is 0. The van der Waals surface area contributed by atoms with Crippen LogP contribution in [0.25, 0.3) is 0 Å². The van der Waals surface area contributed by atoms with Gasteiger partial charge in [-0.1, -0.05) is 38.1 Å². The zero-order valence-electron chi connectivity index (χ0n) is 12.4. The molecule has 0 saturated heterocycles. The summed E-state index contributed by atoms with van der Waals surface area (Å²) in [5, 5.41) is 11.8. The van der Waals surface area contributed by atoms with Gasteiger partial charge in [0.25, 0.3) is 0 Å². The van der Waals surface area contributed by atoms with Gasteiger partial charge in [0.2, 0.25) is 5.91 Å². The van der Waals surface area contributed by atoms with Crippen LogP contribution in [0.1, 0.15) is 56.1 Å². The van der Waals surface area contributed by atoms with Crippen molar-refractivity contribution in [2.75, 3.05) is 0 Å². The monoisotopic (exact) mass is 287 g/mol. The summed E-state index contributed by atoms with van der Waals surface area (Å²) in [5.74, 6) is -0.327. The van der Waals surface area contributed by atoms with Gasteiger partial charge in [0, 0.05) is 5.92 Å². The zero-order valence-corrected chi connectivity index (χ0v) is 12.4. The van der Waals surface area contributed by atoms with E-state index in [1.165, 1.54) is 11.1 Å². The summed E-state index contributed by atoms with van der Waals surface area (Å²) in [6, 6.07) is 8.43. The Balaban J connectivity index is 1.61. The molecule has 2 saturated carbocycles. The predicted molar refractivity (Wildman–Crippen MR) is 79.1 cm³/mol. The molecule has 4 nitrogen and oxygen atoms in total. The number of rotatable bonds is 5. The highest BCUT2D eigenvalue weighted by Gasteiger charge is 2.54. The van der Waals surface area contributed by atoms with Gasteiger partial charge in [-0.05, 0) is 42.2 Å². The van der Waals surface area contributed by atoms with E-state index in [9.17, 15) is 9.59 Å². The first kappa shape index (κ1) is 14.1. The number of carboxylic acid groups (broad SMARTS) is 1. The highest BCUT2D eigenvalue weighted by atomic mass is 16.4. The normalized spacial score (nSPS) is 25.5. The Morgan fingerprint density at radius 1 is 1.24 bits per heavy atom. The minimum atomic E-state index is -0.967. The largest absolute Gasteiger partial charge is 0.480 e. The van der Waals surface area contributed by atoms with Gasteiger partial charge < -0.3 is 10.4 Å². The first-order valence-corrected chi connectivity index (χ1v) is 7.58. The Labute approximate surface area is 124 Å². The molecule has 1 aromatic carbocycles. The number of hydrogen-bond donors (Lipinski definition) is 2.